The molecule has 4 aromatic rings. The maximum Gasteiger partial charge on any atom is 0.416 e. The minimum absolute atomic E-state index is 0.0442. The van der Waals surface area contributed by atoms with E-state index in [-0.39, 0.29) is 16.9 Å². The van der Waals surface area contributed by atoms with Crippen molar-refractivity contribution in [2.24, 2.45) is 0 Å². The highest BCUT2D eigenvalue weighted by Gasteiger charge is 2.37. The third-order valence-corrected chi connectivity index (χ3v) is 5.71. The van der Waals surface area contributed by atoms with Gasteiger partial charge in [-0.3, -0.25) is 0 Å². The zero-order chi connectivity index (χ0) is 26.1. The predicted molar refractivity (Wildman–Crippen MR) is 130 cm³/mol. The summed E-state index contributed by atoms with van der Waals surface area (Å²) in [7, 11) is 0. The maximum absolute atomic E-state index is 13.2. The third kappa shape index (κ3) is 5.54. The molecule has 36 heavy (non-hydrogen) atoms. The molecule has 0 bridgehead atoms. The van der Waals surface area contributed by atoms with E-state index in [1.807, 2.05) is 12.1 Å². The fourth-order valence-corrected chi connectivity index (χ4v) is 4.12. The van der Waals surface area contributed by atoms with Crippen LogP contribution in [0.2, 0.25) is 0 Å². The minimum Gasteiger partial charge on any atom is -0.508 e. The second-order valence-corrected chi connectivity index (χ2v) is 8.36. The van der Waals surface area contributed by atoms with Crippen LogP contribution in [0.25, 0.3) is 10.8 Å². The Hall–Kier alpha value is -3.79. The number of anilines is 1. The van der Waals surface area contributed by atoms with Crippen molar-refractivity contribution in [2.75, 3.05) is 5.32 Å². The van der Waals surface area contributed by atoms with Crippen LogP contribution in [-0.4, -0.2) is 10.2 Å². The molecule has 0 heterocycles. The largest absolute Gasteiger partial charge is 0.508 e. The molecule has 0 unspecified atom stereocenters. The first-order valence-electron chi connectivity index (χ1n) is 10.6. The molecule has 0 fully saturated rings. The van der Waals surface area contributed by atoms with Gasteiger partial charge in [0.2, 0.25) is 0 Å². The van der Waals surface area contributed by atoms with Gasteiger partial charge >= 0.3 is 12.4 Å². The molecule has 0 amide bonds. The molecule has 4 aromatic carbocycles. The van der Waals surface area contributed by atoms with Crippen molar-refractivity contribution in [3.8, 4) is 5.75 Å². The number of rotatable bonds is 4. The first kappa shape index (κ1) is 25.3. The highest BCUT2D eigenvalue weighted by molar-refractivity contribution is 7.80. The van der Waals surface area contributed by atoms with Crippen LogP contribution < -0.4 is 10.6 Å². The summed E-state index contributed by atoms with van der Waals surface area (Å²) >= 11 is 5.29. The van der Waals surface area contributed by atoms with Gasteiger partial charge in [0.15, 0.2) is 5.11 Å². The van der Waals surface area contributed by atoms with Gasteiger partial charge < -0.3 is 15.7 Å². The van der Waals surface area contributed by atoms with Crippen molar-refractivity contribution in [2.45, 2.75) is 18.4 Å². The lowest BCUT2D eigenvalue weighted by Crippen LogP contribution is -2.33. The summed E-state index contributed by atoms with van der Waals surface area (Å²) < 4.78 is 79.5. The third-order valence-electron chi connectivity index (χ3n) is 5.49. The van der Waals surface area contributed by atoms with E-state index >= 15 is 0 Å². The molecular weight excluding hydrogens is 502 g/mol. The Morgan fingerprint density at radius 1 is 0.750 bits per heavy atom. The van der Waals surface area contributed by atoms with Crippen LogP contribution >= 0.6 is 12.2 Å². The lowest BCUT2D eigenvalue weighted by Gasteiger charge is -2.24. The van der Waals surface area contributed by atoms with E-state index in [9.17, 15) is 31.4 Å². The zero-order valence-corrected chi connectivity index (χ0v) is 19.1. The molecular formula is C26H18F6N2OS. The molecule has 1 atom stereocenters. The van der Waals surface area contributed by atoms with Crippen molar-refractivity contribution >= 4 is 33.8 Å². The van der Waals surface area contributed by atoms with Gasteiger partial charge in [0.05, 0.1) is 17.2 Å². The molecule has 0 aromatic heterocycles. The van der Waals surface area contributed by atoms with Crippen LogP contribution in [-0.2, 0) is 12.4 Å². The quantitative estimate of drug-likeness (QED) is 0.191. The summed E-state index contributed by atoms with van der Waals surface area (Å²) in [5, 5.41) is 17.4. The molecule has 0 spiro atoms. The number of nitrogens with one attached hydrogen (secondary N) is 2. The van der Waals surface area contributed by atoms with Crippen molar-refractivity contribution < 1.29 is 31.4 Å². The number of halogens is 6. The first-order valence-corrected chi connectivity index (χ1v) is 11.0. The second kappa shape index (κ2) is 9.69. The molecule has 0 saturated carbocycles. The first-order chi connectivity index (χ1) is 16.9. The highest BCUT2D eigenvalue weighted by Crippen LogP contribution is 2.38. The van der Waals surface area contributed by atoms with Gasteiger partial charge in [-0.25, -0.2) is 0 Å². The van der Waals surface area contributed by atoms with E-state index in [0.717, 1.165) is 5.39 Å². The Kier molecular flexibility index (Phi) is 6.81. The van der Waals surface area contributed by atoms with Crippen LogP contribution in [0.5, 0.6) is 5.75 Å². The van der Waals surface area contributed by atoms with Gasteiger partial charge in [0.25, 0.3) is 0 Å². The summed E-state index contributed by atoms with van der Waals surface area (Å²) in [5.74, 6) is -0.0590. The molecule has 4 rings (SSSR count). The maximum atomic E-state index is 13.2. The van der Waals surface area contributed by atoms with Crippen molar-refractivity contribution in [3.05, 3.63) is 107 Å². The summed E-state index contributed by atoms with van der Waals surface area (Å²) in [5.41, 5.74) is -2.30. The molecule has 3 N–H and O–H groups in total. The second-order valence-electron chi connectivity index (χ2n) is 7.96. The summed E-state index contributed by atoms with van der Waals surface area (Å²) in [4.78, 5) is 0. The van der Waals surface area contributed by atoms with E-state index < -0.39 is 35.2 Å². The van der Waals surface area contributed by atoms with Crippen LogP contribution in [0, 0.1) is 0 Å². The van der Waals surface area contributed by atoms with Gasteiger partial charge in [-0.1, -0.05) is 60.7 Å². The number of phenols is 1. The number of hydrogen-bond acceptors (Lipinski definition) is 2. The van der Waals surface area contributed by atoms with Crippen molar-refractivity contribution in [1.29, 1.82) is 0 Å². The van der Waals surface area contributed by atoms with Crippen LogP contribution in [0.3, 0.4) is 0 Å². The number of aromatic hydroxyl groups is 1. The lowest BCUT2D eigenvalue weighted by molar-refractivity contribution is -0.143. The number of thiocarbonyl (C=S) groups is 1. The Balaban J connectivity index is 1.73. The number of phenolic OH excluding ortho intramolecular Hbond substituents is 1. The Labute approximate surface area is 207 Å². The fourth-order valence-electron chi connectivity index (χ4n) is 3.88. The van der Waals surface area contributed by atoms with Gasteiger partial charge in [-0.05, 0) is 52.8 Å². The molecule has 0 aliphatic rings. The van der Waals surface area contributed by atoms with Gasteiger partial charge in [-0.2, -0.15) is 26.3 Å². The molecule has 0 radical (unpaired) electrons. The minimum atomic E-state index is -4.99. The average Bonchev–Trinajstić information content (AvgIpc) is 2.82. The van der Waals surface area contributed by atoms with Crippen LogP contribution in [0.1, 0.15) is 28.3 Å². The van der Waals surface area contributed by atoms with Gasteiger partial charge in [-0.15, -0.1) is 0 Å². The Morgan fingerprint density at radius 2 is 1.33 bits per heavy atom. The molecule has 0 aliphatic heterocycles. The van der Waals surface area contributed by atoms with Gasteiger partial charge in [0, 0.05) is 11.3 Å². The summed E-state index contributed by atoms with van der Waals surface area (Å²) in [6.45, 7) is 0. The Bertz CT molecular complexity index is 1370. The fraction of sp³-hybridized carbons (Fsp3) is 0.115. The highest BCUT2D eigenvalue weighted by atomic mass is 32.1. The molecule has 186 valence electrons. The van der Waals surface area contributed by atoms with Crippen molar-refractivity contribution in [1.82, 2.24) is 5.32 Å². The van der Waals surface area contributed by atoms with Crippen molar-refractivity contribution in [3.63, 3.8) is 0 Å². The lowest BCUT2D eigenvalue weighted by atomic mass is 9.93. The summed E-state index contributed by atoms with van der Waals surface area (Å²) in [6.07, 6.45) is -9.98. The predicted octanol–water partition coefficient (Wildman–Crippen LogP) is 7.66. The van der Waals surface area contributed by atoms with Crippen LogP contribution in [0.4, 0.5) is 32.0 Å². The number of alkyl halides is 6. The SMILES string of the molecule is Oc1ccc2ccccc2c1[C@@H](NC(=S)Nc1cc(C(F)(F)F)cc(C(F)(F)F)c1)c1ccccc1. The molecule has 0 aliphatic carbocycles. The molecule has 10 heteroatoms. The Morgan fingerprint density at radius 3 is 1.94 bits per heavy atom. The zero-order valence-electron chi connectivity index (χ0n) is 18.3. The standard InChI is InChI=1S/C26H18F6N2OS/c27-25(28,29)17-12-18(26(30,31)32)14-19(13-17)33-24(36)34-23(16-7-2-1-3-8-16)22-20-9-5-4-6-15(20)10-11-21(22)35/h1-14,23,35H,(H2,33,34,36)/t23-/m0/s1. The van der Waals surface area contributed by atoms with Crippen LogP contribution in [0.15, 0.2) is 84.9 Å². The van der Waals surface area contributed by atoms with E-state index in [2.05, 4.69) is 10.6 Å². The van der Waals surface area contributed by atoms with Gasteiger partial charge in [0.1, 0.15) is 5.75 Å². The normalized spacial score (nSPS) is 12.8. The molecule has 3 nitrogen and oxygen atoms in total. The number of benzene rings is 4. The summed E-state index contributed by atoms with van der Waals surface area (Å²) in [6, 6.07) is 19.7. The van der Waals surface area contributed by atoms with E-state index in [1.54, 1.807) is 48.5 Å². The monoisotopic (exact) mass is 520 g/mol. The topological polar surface area (TPSA) is 44.3 Å². The van der Waals surface area contributed by atoms with E-state index in [0.29, 0.717) is 28.6 Å². The molecule has 0 saturated heterocycles. The number of hydrogen-bond donors (Lipinski definition) is 3. The van der Waals surface area contributed by atoms with E-state index in [1.165, 1.54) is 6.07 Å². The average molecular weight is 520 g/mol. The van der Waals surface area contributed by atoms with E-state index in [4.69, 9.17) is 12.2 Å². The number of fused-ring (bicyclic) bond motifs is 1. The smallest absolute Gasteiger partial charge is 0.416 e.